The Balaban J connectivity index is 1.61. The van der Waals surface area contributed by atoms with E-state index in [0.717, 1.165) is 23.4 Å². The lowest BCUT2D eigenvalue weighted by Crippen LogP contribution is -2.42. The van der Waals surface area contributed by atoms with Crippen LogP contribution >= 0.6 is 0 Å². The molecule has 7 nitrogen and oxygen atoms in total. The normalized spacial score (nSPS) is 16.1. The number of amides is 1. The number of hydrogen-bond acceptors (Lipinski definition) is 5. The van der Waals surface area contributed by atoms with Gasteiger partial charge in [-0.15, -0.1) is 13.2 Å². The highest BCUT2D eigenvalue weighted by atomic mass is 32.2. The SMILES string of the molecule is Cc1ccc(CC(=O)C[C@@H]2CCCN(c3ccc(-c4ccccc4NS(C)(=O)=O)cc3OC(F)(F)F)C2=O)cc1. The zero-order valence-electron chi connectivity index (χ0n) is 22.0. The summed E-state index contributed by atoms with van der Waals surface area (Å²) in [7, 11) is -3.66. The molecule has 1 heterocycles. The van der Waals surface area contributed by atoms with Crippen molar-refractivity contribution >= 4 is 33.1 Å². The largest absolute Gasteiger partial charge is 0.573 e. The fourth-order valence-corrected chi connectivity index (χ4v) is 5.37. The van der Waals surface area contributed by atoms with E-state index in [0.29, 0.717) is 18.4 Å². The molecular weight excluding hydrogens is 545 g/mol. The van der Waals surface area contributed by atoms with Gasteiger partial charge in [0.2, 0.25) is 15.9 Å². The lowest BCUT2D eigenvalue weighted by molar-refractivity contribution is -0.274. The average Bonchev–Trinajstić information content (AvgIpc) is 2.85. The summed E-state index contributed by atoms with van der Waals surface area (Å²) in [5.41, 5.74) is 2.58. The number of nitrogens with one attached hydrogen (secondary N) is 1. The Labute approximate surface area is 231 Å². The summed E-state index contributed by atoms with van der Waals surface area (Å²) >= 11 is 0. The van der Waals surface area contributed by atoms with Gasteiger partial charge in [-0.2, -0.15) is 0 Å². The van der Waals surface area contributed by atoms with Crippen LogP contribution < -0.4 is 14.4 Å². The molecule has 11 heteroatoms. The molecule has 0 unspecified atom stereocenters. The first kappa shape index (κ1) is 29.1. The highest BCUT2D eigenvalue weighted by Crippen LogP contribution is 2.40. The van der Waals surface area contributed by atoms with E-state index in [1.165, 1.54) is 23.1 Å². The Kier molecular flexibility index (Phi) is 8.53. The molecule has 1 N–H and O–H groups in total. The minimum Gasteiger partial charge on any atom is -0.404 e. The van der Waals surface area contributed by atoms with Crippen LogP contribution in [-0.2, 0) is 26.0 Å². The van der Waals surface area contributed by atoms with Crippen molar-refractivity contribution in [1.82, 2.24) is 0 Å². The number of piperidine rings is 1. The lowest BCUT2D eigenvalue weighted by Gasteiger charge is -2.33. The summed E-state index contributed by atoms with van der Waals surface area (Å²) < 4.78 is 70.6. The van der Waals surface area contributed by atoms with E-state index in [1.807, 2.05) is 31.2 Å². The first-order valence-electron chi connectivity index (χ1n) is 12.6. The molecule has 4 rings (SSSR count). The number of rotatable bonds is 9. The third kappa shape index (κ3) is 7.62. The fourth-order valence-electron chi connectivity index (χ4n) is 4.79. The summed E-state index contributed by atoms with van der Waals surface area (Å²) in [4.78, 5) is 27.4. The highest BCUT2D eigenvalue weighted by molar-refractivity contribution is 7.92. The van der Waals surface area contributed by atoms with Gasteiger partial charge in [-0.3, -0.25) is 14.3 Å². The number of nitrogens with zero attached hydrogens (tertiary/aromatic N) is 1. The molecule has 0 aromatic heterocycles. The smallest absolute Gasteiger partial charge is 0.404 e. The Morgan fingerprint density at radius 2 is 1.77 bits per heavy atom. The minimum absolute atomic E-state index is 0.0126. The molecule has 0 saturated carbocycles. The molecule has 212 valence electrons. The van der Waals surface area contributed by atoms with Gasteiger partial charge in [-0.25, -0.2) is 8.42 Å². The maximum absolute atomic E-state index is 13.4. The monoisotopic (exact) mass is 574 g/mol. The van der Waals surface area contributed by atoms with Gasteiger partial charge in [-0.05, 0) is 49.1 Å². The molecule has 1 aliphatic heterocycles. The third-order valence-electron chi connectivity index (χ3n) is 6.56. The van der Waals surface area contributed by atoms with Gasteiger partial charge < -0.3 is 9.64 Å². The van der Waals surface area contributed by atoms with Gasteiger partial charge in [0, 0.05) is 30.9 Å². The molecule has 1 fully saturated rings. The number of ketones is 1. The van der Waals surface area contributed by atoms with Crippen molar-refractivity contribution in [3.05, 3.63) is 77.9 Å². The molecule has 0 bridgehead atoms. The molecule has 0 aliphatic carbocycles. The average molecular weight is 575 g/mol. The molecule has 1 saturated heterocycles. The lowest BCUT2D eigenvalue weighted by atomic mass is 9.89. The van der Waals surface area contributed by atoms with Crippen molar-refractivity contribution in [3.8, 4) is 16.9 Å². The number of halogens is 3. The van der Waals surface area contributed by atoms with Crippen LogP contribution in [0.4, 0.5) is 24.5 Å². The van der Waals surface area contributed by atoms with Crippen molar-refractivity contribution in [2.45, 2.75) is 39.0 Å². The summed E-state index contributed by atoms with van der Waals surface area (Å²) in [5.74, 6) is -1.83. The Bertz CT molecular complexity index is 1500. The van der Waals surface area contributed by atoms with Gasteiger partial charge in [0.25, 0.3) is 0 Å². The third-order valence-corrected chi connectivity index (χ3v) is 7.15. The summed E-state index contributed by atoms with van der Waals surface area (Å²) in [5, 5.41) is 0. The molecule has 40 heavy (non-hydrogen) atoms. The van der Waals surface area contributed by atoms with Crippen LogP contribution in [0.25, 0.3) is 11.1 Å². The first-order valence-corrected chi connectivity index (χ1v) is 14.5. The van der Waals surface area contributed by atoms with Gasteiger partial charge in [0.15, 0.2) is 5.75 Å². The predicted molar refractivity (Wildman–Crippen MR) is 147 cm³/mol. The van der Waals surface area contributed by atoms with Crippen LogP contribution in [0, 0.1) is 12.8 Å². The molecule has 1 atom stereocenters. The van der Waals surface area contributed by atoms with Gasteiger partial charge in [0.1, 0.15) is 5.78 Å². The first-order chi connectivity index (χ1) is 18.8. The number of anilines is 2. The standard InChI is InChI=1S/C29H29F3N2O5S/c1-19-9-11-20(12-10-19)16-23(35)17-22-6-5-15-34(28(22)36)26-14-13-21(18-27(26)39-29(30,31)32)24-7-3-4-8-25(24)33-40(2,37)38/h3-4,7-14,18,22,33H,5-6,15-17H2,1-2H3/t22-/m0/s1. The van der Waals surface area contributed by atoms with E-state index < -0.39 is 34.0 Å². The number of alkyl halides is 3. The summed E-state index contributed by atoms with van der Waals surface area (Å²) in [6, 6.07) is 17.7. The van der Waals surface area contributed by atoms with E-state index >= 15 is 0 Å². The number of para-hydroxylation sites is 1. The topological polar surface area (TPSA) is 92.8 Å². The van der Waals surface area contributed by atoms with Crippen LogP contribution in [0.3, 0.4) is 0 Å². The molecule has 3 aromatic rings. The number of Topliss-reactive ketones (excluding diaryl/α,β-unsaturated/α-hetero) is 1. The van der Waals surface area contributed by atoms with E-state index in [2.05, 4.69) is 9.46 Å². The number of aryl methyl sites for hydroxylation is 1. The predicted octanol–water partition coefficient (Wildman–Crippen LogP) is 5.88. The summed E-state index contributed by atoms with van der Waals surface area (Å²) in [6.45, 7) is 2.11. The Morgan fingerprint density at radius 1 is 1.07 bits per heavy atom. The second-order valence-electron chi connectivity index (χ2n) is 9.88. The van der Waals surface area contributed by atoms with Crippen LogP contribution in [-0.4, -0.2) is 39.3 Å². The van der Waals surface area contributed by atoms with Crippen molar-refractivity contribution in [3.63, 3.8) is 0 Å². The van der Waals surface area contributed by atoms with Crippen molar-refractivity contribution in [2.24, 2.45) is 5.92 Å². The highest BCUT2D eigenvalue weighted by Gasteiger charge is 2.36. The molecular formula is C29H29F3N2O5S. The number of carbonyl (C=O) groups is 2. The van der Waals surface area contributed by atoms with E-state index in [9.17, 15) is 31.2 Å². The Morgan fingerprint density at radius 3 is 2.45 bits per heavy atom. The second kappa shape index (κ2) is 11.7. The number of carbonyl (C=O) groups excluding carboxylic acids is 2. The van der Waals surface area contributed by atoms with E-state index in [-0.39, 0.29) is 42.1 Å². The van der Waals surface area contributed by atoms with E-state index in [1.54, 1.807) is 18.2 Å². The van der Waals surface area contributed by atoms with Crippen LogP contribution in [0.2, 0.25) is 0 Å². The maximum atomic E-state index is 13.4. The van der Waals surface area contributed by atoms with Crippen LogP contribution in [0.1, 0.15) is 30.4 Å². The van der Waals surface area contributed by atoms with E-state index in [4.69, 9.17) is 0 Å². The Hall–Kier alpha value is -3.86. The molecule has 1 amide bonds. The van der Waals surface area contributed by atoms with Crippen LogP contribution in [0.15, 0.2) is 66.7 Å². The van der Waals surface area contributed by atoms with Crippen molar-refractivity contribution in [2.75, 3.05) is 22.4 Å². The number of ether oxygens (including phenoxy) is 1. The quantitative estimate of drug-likeness (QED) is 0.345. The molecule has 0 spiro atoms. The van der Waals surface area contributed by atoms with Gasteiger partial charge >= 0.3 is 6.36 Å². The number of hydrogen-bond donors (Lipinski definition) is 1. The van der Waals surface area contributed by atoms with Crippen molar-refractivity contribution < 1.29 is 35.9 Å². The van der Waals surface area contributed by atoms with Crippen molar-refractivity contribution in [1.29, 1.82) is 0 Å². The zero-order chi connectivity index (χ0) is 29.1. The van der Waals surface area contributed by atoms with Crippen LogP contribution in [0.5, 0.6) is 5.75 Å². The number of benzene rings is 3. The van der Waals surface area contributed by atoms with Gasteiger partial charge in [0.05, 0.1) is 17.6 Å². The molecule has 0 radical (unpaired) electrons. The minimum atomic E-state index is -5.04. The fraction of sp³-hybridized carbons (Fsp3) is 0.310. The van der Waals surface area contributed by atoms with Gasteiger partial charge in [-0.1, -0.05) is 54.1 Å². The number of sulfonamides is 1. The molecule has 3 aromatic carbocycles. The second-order valence-corrected chi connectivity index (χ2v) is 11.6. The summed E-state index contributed by atoms with van der Waals surface area (Å²) in [6.07, 6.45) is -2.96. The maximum Gasteiger partial charge on any atom is 0.573 e. The zero-order valence-corrected chi connectivity index (χ0v) is 22.8. The molecule has 1 aliphatic rings.